The highest BCUT2D eigenvalue weighted by Gasteiger charge is 2.66. The monoisotopic (exact) mass is 277 g/mol. The number of nitrogens with zero attached hydrogens (tertiary/aromatic N) is 1. The molecule has 0 heterocycles. The van der Waals surface area contributed by atoms with Crippen LogP contribution in [0.4, 0.5) is 4.39 Å². The summed E-state index contributed by atoms with van der Waals surface area (Å²) in [6.07, 6.45) is 3.06. The van der Waals surface area contributed by atoms with E-state index in [4.69, 9.17) is 5.11 Å². The zero-order valence-corrected chi connectivity index (χ0v) is 11.0. The number of carboxylic acids is 1. The second kappa shape index (κ2) is 4.58. The normalized spacial score (nSPS) is 21.6. The Morgan fingerprint density at radius 2 is 1.95 bits per heavy atom. The van der Waals surface area contributed by atoms with Crippen molar-refractivity contribution in [2.24, 2.45) is 11.3 Å². The number of carbonyl (C=O) groups excluding carboxylic acids is 1. The van der Waals surface area contributed by atoms with Gasteiger partial charge in [0.15, 0.2) is 0 Å². The molecule has 2 aliphatic rings. The minimum Gasteiger partial charge on any atom is -0.480 e. The standard InChI is InChI=1S/C15H16FNO3/c16-11-3-1-10(2-4-11)8-17(9-13(18)19)14(20)12-7-15(12)5-6-15/h1-4,12H,5-9H2,(H,18,19). The zero-order valence-electron chi connectivity index (χ0n) is 11.0. The van der Waals surface area contributed by atoms with Gasteiger partial charge in [-0.05, 0) is 42.4 Å². The van der Waals surface area contributed by atoms with Crippen molar-refractivity contribution in [3.63, 3.8) is 0 Å². The summed E-state index contributed by atoms with van der Waals surface area (Å²) >= 11 is 0. The molecule has 1 aromatic carbocycles. The number of hydrogen-bond acceptors (Lipinski definition) is 2. The molecule has 2 aliphatic carbocycles. The van der Waals surface area contributed by atoms with Crippen LogP contribution >= 0.6 is 0 Å². The van der Waals surface area contributed by atoms with Crippen LogP contribution in [0.5, 0.6) is 0 Å². The van der Waals surface area contributed by atoms with Crippen LogP contribution in [-0.2, 0) is 16.1 Å². The summed E-state index contributed by atoms with van der Waals surface area (Å²) < 4.78 is 12.9. The van der Waals surface area contributed by atoms with E-state index in [1.54, 1.807) is 12.1 Å². The lowest BCUT2D eigenvalue weighted by molar-refractivity contribution is -0.145. The zero-order chi connectivity index (χ0) is 14.3. The van der Waals surface area contributed by atoms with Gasteiger partial charge in [-0.3, -0.25) is 9.59 Å². The molecular weight excluding hydrogens is 261 g/mol. The molecule has 3 rings (SSSR count). The van der Waals surface area contributed by atoms with Crippen LogP contribution in [-0.4, -0.2) is 28.4 Å². The minimum atomic E-state index is -1.02. The number of hydrogen-bond donors (Lipinski definition) is 1. The third-order valence-corrected chi connectivity index (χ3v) is 4.30. The minimum absolute atomic E-state index is 0.00213. The van der Waals surface area contributed by atoms with E-state index in [2.05, 4.69) is 0 Å². The third kappa shape index (κ3) is 2.53. The summed E-state index contributed by atoms with van der Waals surface area (Å²) in [5, 5.41) is 8.95. The van der Waals surface area contributed by atoms with E-state index < -0.39 is 5.97 Å². The first-order valence-electron chi connectivity index (χ1n) is 6.75. The van der Waals surface area contributed by atoms with Gasteiger partial charge in [0.25, 0.3) is 0 Å². The molecular formula is C15H16FNO3. The fraction of sp³-hybridized carbons (Fsp3) is 0.467. The second-order valence-electron chi connectivity index (χ2n) is 5.83. The summed E-state index contributed by atoms with van der Waals surface area (Å²) in [6, 6.07) is 5.80. The highest BCUT2D eigenvalue weighted by atomic mass is 19.1. The topological polar surface area (TPSA) is 57.6 Å². The fourth-order valence-corrected chi connectivity index (χ4v) is 2.82. The largest absolute Gasteiger partial charge is 0.480 e. The first-order valence-corrected chi connectivity index (χ1v) is 6.75. The molecule has 0 radical (unpaired) electrons. The van der Waals surface area contributed by atoms with E-state index in [1.165, 1.54) is 17.0 Å². The maximum Gasteiger partial charge on any atom is 0.323 e. The Bertz CT molecular complexity index is 551. The van der Waals surface area contributed by atoms with Gasteiger partial charge in [-0.2, -0.15) is 0 Å². The molecule has 5 heteroatoms. The van der Waals surface area contributed by atoms with Gasteiger partial charge in [-0.1, -0.05) is 12.1 Å². The van der Waals surface area contributed by atoms with Gasteiger partial charge in [0.2, 0.25) is 5.91 Å². The molecule has 0 bridgehead atoms. The smallest absolute Gasteiger partial charge is 0.323 e. The van der Waals surface area contributed by atoms with Crippen molar-refractivity contribution in [1.82, 2.24) is 4.90 Å². The van der Waals surface area contributed by atoms with E-state index in [0.717, 1.165) is 24.8 Å². The van der Waals surface area contributed by atoms with Gasteiger partial charge in [0.05, 0.1) is 0 Å². The molecule has 20 heavy (non-hydrogen) atoms. The Labute approximate surface area is 116 Å². The number of carboxylic acid groups (broad SMARTS) is 1. The van der Waals surface area contributed by atoms with Crippen molar-refractivity contribution in [1.29, 1.82) is 0 Å². The molecule has 2 saturated carbocycles. The van der Waals surface area contributed by atoms with Gasteiger partial charge < -0.3 is 10.0 Å². The molecule has 0 aromatic heterocycles. The molecule has 0 saturated heterocycles. The van der Waals surface area contributed by atoms with Gasteiger partial charge in [0.1, 0.15) is 12.4 Å². The summed E-state index contributed by atoms with van der Waals surface area (Å²) in [5.41, 5.74) is 0.947. The van der Waals surface area contributed by atoms with E-state index in [-0.39, 0.29) is 36.1 Å². The molecule has 1 aromatic rings. The molecule has 0 aliphatic heterocycles. The highest BCUT2D eigenvalue weighted by Crippen LogP contribution is 2.70. The van der Waals surface area contributed by atoms with E-state index >= 15 is 0 Å². The Morgan fingerprint density at radius 3 is 2.45 bits per heavy atom. The summed E-state index contributed by atoms with van der Waals surface area (Å²) in [6.45, 7) is -0.0826. The van der Waals surface area contributed by atoms with Crippen LogP contribution in [0.15, 0.2) is 24.3 Å². The molecule has 1 unspecified atom stereocenters. The van der Waals surface area contributed by atoms with Crippen LogP contribution in [0.1, 0.15) is 24.8 Å². The number of rotatable bonds is 5. The van der Waals surface area contributed by atoms with Gasteiger partial charge in [-0.15, -0.1) is 0 Å². The van der Waals surface area contributed by atoms with Gasteiger partial charge >= 0.3 is 5.97 Å². The Kier molecular flexibility index (Phi) is 3.00. The maximum atomic E-state index is 12.9. The second-order valence-corrected chi connectivity index (χ2v) is 5.83. The highest BCUT2D eigenvalue weighted by molar-refractivity contribution is 5.86. The van der Waals surface area contributed by atoms with Gasteiger partial charge in [0, 0.05) is 12.5 Å². The Morgan fingerprint density at radius 1 is 1.30 bits per heavy atom. The average Bonchev–Trinajstić information content (AvgIpc) is 3.31. The Hall–Kier alpha value is -1.91. The van der Waals surface area contributed by atoms with Crippen LogP contribution in [0, 0.1) is 17.2 Å². The number of carbonyl (C=O) groups is 2. The first-order chi connectivity index (χ1) is 9.50. The summed E-state index contributed by atoms with van der Waals surface area (Å²) in [5.74, 6) is -1.44. The fourth-order valence-electron chi connectivity index (χ4n) is 2.82. The van der Waals surface area contributed by atoms with Crippen molar-refractivity contribution >= 4 is 11.9 Å². The van der Waals surface area contributed by atoms with Gasteiger partial charge in [-0.25, -0.2) is 4.39 Å². The van der Waals surface area contributed by atoms with Crippen molar-refractivity contribution in [3.8, 4) is 0 Å². The lowest BCUT2D eigenvalue weighted by atomic mass is 10.2. The van der Waals surface area contributed by atoms with Crippen LogP contribution < -0.4 is 0 Å². The van der Waals surface area contributed by atoms with Crippen molar-refractivity contribution < 1.29 is 19.1 Å². The van der Waals surface area contributed by atoms with E-state index in [9.17, 15) is 14.0 Å². The van der Waals surface area contributed by atoms with Crippen molar-refractivity contribution in [3.05, 3.63) is 35.6 Å². The molecule has 1 spiro atoms. The van der Waals surface area contributed by atoms with E-state index in [0.29, 0.717) is 0 Å². The first kappa shape index (κ1) is 13.1. The van der Waals surface area contributed by atoms with Crippen LogP contribution in [0.25, 0.3) is 0 Å². The average molecular weight is 277 g/mol. The van der Waals surface area contributed by atoms with Crippen molar-refractivity contribution in [2.75, 3.05) is 6.54 Å². The molecule has 1 atom stereocenters. The maximum absolute atomic E-state index is 12.9. The summed E-state index contributed by atoms with van der Waals surface area (Å²) in [4.78, 5) is 24.6. The molecule has 2 fully saturated rings. The predicted molar refractivity (Wildman–Crippen MR) is 69.2 cm³/mol. The SMILES string of the molecule is O=C(O)CN(Cc1ccc(F)cc1)C(=O)C1CC12CC2. The quantitative estimate of drug-likeness (QED) is 0.896. The molecule has 4 nitrogen and oxygen atoms in total. The lowest BCUT2D eigenvalue weighted by Crippen LogP contribution is -2.36. The number of aliphatic carboxylic acids is 1. The molecule has 1 N–H and O–H groups in total. The number of benzene rings is 1. The third-order valence-electron chi connectivity index (χ3n) is 4.30. The van der Waals surface area contributed by atoms with Crippen LogP contribution in [0.3, 0.4) is 0 Å². The number of amides is 1. The van der Waals surface area contributed by atoms with E-state index in [1.807, 2.05) is 0 Å². The predicted octanol–water partition coefficient (Wildman–Crippen LogP) is 2.04. The summed E-state index contributed by atoms with van der Waals surface area (Å²) in [7, 11) is 0. The molecule has 1 amide bonds. The molecule has 106 valence electrons. The number of halogens is 1. The van der Waals surface area contributed by atoms with Crippen molar-refractivity contribution in [2.45, 2.75) is 25.8 Å². The lowest BCUT2D eigenvalue weighted by Gasteiger charge is -2.21. The Balaban J connectivity index is 1.70. The van der Waals surface area contributed by atoms with Crippen LogP contribution in [0.2, 0.25) is 0 Å².